The summed E-state index contributed by atoms with van der Waals surface area (Å²) < 4.78 is 75.3. The van der Waals surface area contributed by atoms with Crippen LogP contribution in [0.4, 0.5) is 17.1 Å². The highest BCUT2D eigenvalue weighted by molar-refractivity contribution is 7.86. The van der Waals surface area contributed by atoms with Crippen LogP contribution in [0.25, 0.3) is 0 Å². The van der Waals surface area contributed by atoms with E-state index in [1.165, 1.54) is 0 Å². The van der Waals surface area contributed by atoms with Crippen LogP contribution in [0.2, 0.25) is 0 Å². The van der Waals surface area contributed by atoms with Crippen molar-refractivity contribution in [2.75, 3.05) is 7.11 Å². The zero-order valence-electron chi connectivity index (χ0n) is 7.88. The van der Waals surface area contributed by atoms with Crippen molar-refractivity contribution in [2.45, 2.75) is 11.1 Å². The maximum atomic E-state index is 12.7. The summed E-state index contributed by atoms with van der Waals surface area (Å²) in [5.74, 6) is -1.04. The zero-order valence-corrected chi connectivity index (χ0v) is 8.69. The standard InChI is InChI=1S/C8H6F4O3S/c1-15-7-5(8(9,10)11)3-2-4-6(7)16(12,13)14/h2-4H,1H3. The van der Waals surface area contributed by atoms with E-state index in [0.717, 1.165) is 13.2 Å². The Morgan fingerprint density at radius 3 is 2.19 bits per heavy atom. The quantitative estimate of drug-likeness (QED) is 0.604. The Kier molecular flexibility index (Phi) is 3.13. The van der Waals surface area contributed by atoms with Crippen molar-refractivity contribution in [1.82, 2.24) is 0 Å². The van der Waals surface area contributed by atoms with E-state index in [-0.39, 0.29) is 0 Å². The molecule has 0 bridgehead atoms. The summed E-state index contributed by atoms with van der Waals surface area (Å²) in [6, 6.07) is 2.09. The van der Waals surface area contributed by atoms with Gasteiger partial charge in [-0.05, 0) is 12.1 Å². The minimum absolute atomic E-state index is 0.605. The minimum Gasteiger partial charge on any atom is -0.495 e. The number of alkyl halides is 3. The second-order valence-corrected chi connectivity index (χ2v) is 4.09. The summed E-state index contributed by atoms with van der Waals surface area (Å²) in [6.45, 7) is 0. The van der Waals surface area contributed by atoms with E-state index in [1.807, 2.05) is 0 Å². The summed E-state index contributed by atoms with van der Waals surface area (Å²) in [6.07, 6.45) is -4.81. The van der Waals surface area contributed by atoms with Gasteiger partial charge in [0.25, 0.3) is 0 Å². The number of rotatable bonds is 2. The van der Waals surface area contributed by atoms with Crippen LogP contribution in [0.3, 0.4) is 0 Å². The number of methoxy groups -OCH3 is 1. The molecule has 90 valence electrons. The lowest BCUT2D eigenvalue weighted by molar-refractivity contribution is -0.139. The summed E-state index contributed by atoms with van der Waals surface area (Å²) >= 11 is 0. The average molecular weight is 258 g/mol. The first kappa shape index (κ1) is 12.8. The molecule has 1 rings (SSSR count). The molecule has 0 saturated heterocycles. The fraction of sp³-hybridized carbons (Fsp3) is 0.250. The van der Waals surface area contributed by atoms with Gasteiger partial charge in [-0.2, -0.15) is 21.6 Å². The Morgan fingerprint density at radius 1 is 1.25 bits per heavy atom. The summed E-state index contributed by atoms with van der Waals surface area (Å²) in [4.78, 5) is -1.13. The third-order valence-electron chi connectivity index (χ3n) is 1.75. The van der Waals surface area contributed by atoms with Gasteiger partial charge < -0.3 is 4.74 Å². The first-order valence-electron chi connectivity index (χ1n) is 3.87. The number of ether oxygens (including phenoxy) is 1. The molecular weight excluding hydrogens is 252 g/mol. The summed E-state index contributed by atoms with van der Waals surface area (Å²) in [5, 5.41) is 0. The van der Waals surface area contributed by atoms with Crippen molar-refractivity contribution < 1.29 is 30.2 Å². The van der Waals surface area contributed by atoms with Crippen LogP contribution in [0, 0.1) is 0 Å². The predicted octanol–water partition coefficient (Wildman–Crippen LogP) is 2.37. The number of hydrogen-bond acceptors (Lipinski definition) is 3. The smallest absolute Gasteiger partial charge is 0.420 e. The average Bonchev–Trinajstić information content (AvgIpc) is 2.13. The fourth-order valence-corrected chi connectivity index (χ4v) is 1.80. The first-order chi connectivity index (χ1) is 7.18. The second kappa shape index (κ2) is 3.93. The van der Waals surface area contributed by atoms with Crippen molar-refractivity contribution >= 4 is 10.2 Å². The SMILES string of the molecule is COc1c(C(F)(F)F)cccc1S(=O)(=O)F. The predicted molar refractivity (Wildman–Crippen MR) is 46.3 cm³/mol. The van der Waals surface area contributed by atoms with Crippen LogP contribution >= 0.6 is 0 Å². The van der Waals surface area contributed by atoms with Crippen LogP contribution in [0.5, 0.6) is 5.75 Å². The number of benzene rings is 1. The maximum absolute atomic E-state index is 12.7. The Hall–Kier alpha value is -1.31. The van der Waals surface area contributed by atoms with E-state index < -0.39 is 32.6 Å². The highest BCUT2D eigenvalue weighted by Crippen LogP contribution is 2.39. The Morgan fingerprint density at radius 2 is 1.81 bits per heavy atom. The molecular formula is C8H6F4O3S. The van der Waals surface area contributed by atoms with E-state index in [4.69, 9.17) is 0 Å². The van der Waals surface area contributed by atoms with Gasteiger partial charge >= 0.3 is 16.4 Å². The van der Waals surface area contributed by atoms with Gasteiger partial charge in [0.15, 0.2) is 5.75 Å². The van der Waals surface area contributed by atoms with Gasteiger partial charge in [0, 0.05) is 0 Å². The molecule has 0 amide bonds. The minimum atomic E-state index is -5.25. The Balaban J connectivity index is 3.57. The molecule has 0 atom stereocenters. The molecule has 0 aliphatic rings. The van der Waals surface area contributed by atoms with Crippen LogP contribution < -0.4 is 4.74 Å². The number of halogens is 4. The molecule has 1 aromatic carbocycles. The third-order valence-corrected chi connectivity index (χ3v) is 2.60. The molecule has 8 heteroatoms. The van der Waals surface area contributed by atoms with E-state index >= 15 is 0 Å². The van der Waals surface area contributed by atoms with E-state index in [1.54, 1.807) is 0 Å². The van der Waals surface area contributed by atoms with Crippen LogP contribution in [-0.4, -0.2) is 15.5 Å². The van der Waals surface area contributed by atoms with Gasteiger partial charge in [0.1, 0.15) is 4.90 Å². The monoisotopic (exact) mass is 258 g/mol. The molecule has 0 heterocycles. The second-order valence-electron chi connectivity index (χ2n) is 2.77. The lowest BCUT2D eigenvalue weighted by Gasteiger charge is -2.13. The number of hydrogen-bond donors (Lipinski definition) is 0. The Bertz CT molecular complexity index is 492. The van der Waals surface area contributed by atoms with Crippen LogP contribution in [-0.2, 0) is 16.4 Å². The van der Waals surface area contributed by atoms with Gasteiger partial charge in [0.2, 0.25) is 0 Å². The summed E-state index contributed by atoms with van der Waals surface area (Å²) in [7, 11) is -4.42. The summed E-state index contributed by atoms with van der Waals surface area (Å²) in [5.41, 5.74) is -1.34. The van der Waals surface area contributed by atoms with E-state index in [0.29, 0.717) is 12.1 Å². The van der Waals surface area contributed by atoms with Crippen molar-refractivity contribution in [3.05, 3.63) is 23.8 Å². The van der Waals surface area contributed by atoms with E-state index in [2.05, 4.69) is 4.74 Å². The third kappa shape index (κ3) is 2.43. The lowest BCUT2D eigenvalue weighted by atomic mass is 10.2. The van der Waals surface area contributed by atoms with Gasteiger partial charge in [-0.1, -0.05) is 6.07 Å². The molecule has 0 aliphatic carbocycles. The molecule has 0 aliphatic heterocycles. The van der Waals surface area contributed by atoms with Crippen molar-refractivity contribution in [3.63, 3.8) is 0 Å². The Labute approximate surface area is 88.9 Å². The van der Waals surface area contributed by atoms with Gasteiger partial charge in [-0.25, -0.2) is 0 Å². The van der Waals surface area contributed by atoms with Crippen molar-refractivity contribution in [3.8, 4) is 5.75 Å². The highest BCUT2D eigenvalue weighted by atomic mass is 32.3. The topological polar surface area (TPSA) is 43.4 Å². The maximum Gasteiger partial charge on any atom is 0.420 e. The number of para-hydroxylation sites is 1. The molecule has 0 unspecified atom stereocenters. The molecule has 0 saturated carbocycles. The highest BCUT2D eigenvalue weighted by Gasteiger charge is 2.37. The molecule has 0 fully saturated rings. The molecule has 3 nitrogen and oxygen atoms in total. The van der Waals surface area contributed by atoms with Gasteiger partial charge in [-0.3, -0.25) is 0 Å². The fourth-order valence-electron chi connectivity index (χ4n) is 1.14. The lowest BCUT2D eigenvalue weighted by Crippen LogP contribution is -2.10. The molecule has 0 radical (unpaired) electrons. The normalized spacial score (nSPS) is 12.6. The molecule has 0 N–H and O–H groups in total. The molecule has 0 aromatic heterocycles. The van der Waals surface area contributed by atoms with Gasteiger partial charge in [0.05, 0.1) is 12.7 Å². The zero-order chi connectivity index (χ0) is 12.6. The largest absolute Gasteiger partial charge is 0.495 e. The van der Waals surface area contributed by atoms with Gasteiger partial charge in [-0.15, -0.1) is 3.89 Å². The molecule has 0 spiro atoms. The molecule has 16 heavy (non-hydrogen) atoms. The first-order valence-corrected chi connectivity index (χ1v) is 5.25. The molecule has 1 aromatic rings. The van der Waals surface area contributed by atoms with Crippen molar-refractivity contribution in [2.24, 2.45) is 0 Å². The van der Waals surface area contributed by atoms with E-state index in [9.17, 15) is 25.5 Å². The van der Waals surface area contributed by atoms with Crippen molar-refractivity contribution in [1.29, 1.82) is 0 Å². The van der Waals surface area contributed by atoms with Crippen LogP contribution in [0.1, 0.15) is 5.56 Å². The van der Waals surface area contributed by atoms with Crippen LogP contribution in [0.15, 0.2) is 23.1 Å².